The van der Waals surface area contributed by atoms with Gasteiger partial charge in [-0.1, -0.05) is 48.0 Å². The van der Waals surface area contributed by atoms with Crippen LogP contribution in [0.15, 0.2) is 84.9 Å². The minimum absolute atomic E-state index is 0.191. The highest BCUT2D eigenvalue weighted by Crippen LogP contribution is 2.39. The molecule has 5 rings (SSSR count). The summed E-state index contributed by atoms with van der Waals surface area (Å²) >= 11 is 6.55. The molecule has 0 bridgehead atoms. The van der Waals surface area contributed by atoms with Crippen molar-refractivity contribution in [3.63, 3.8) is 0 Å². The molecule has 1 aliphatic rings. The first kappa shape index (κ1) is 22.6. The normalized spacial score (nSPS) is 12.1. The molecule has 1 aliphatic heterocycles. The number of para-hydroxylation sites is 3. The number of nitrogens with one attached hydrogen (secondary N) is 2. The summed E-state index contributed by atoms with van der Waals surface area (Å²) in [4.78, 5) is 28.1. The summed E-state index contributed by atoms with van der Waals surface area (Å²) < 4.78 is 13.6. The second kappa shape index (κ2) is 9.24. The summed E-state index contributed by atoms with van der Waals surface area (Å²) in [7, 11) is 0. The zero-order chi connectivity index (χ0) is 24.5. The Morgan fingerprint density at radius 3 is 2.46 bits per heavy atom. The fourth-order valence-electron chi connectivity index (χ4n) is 4.16. The second-order valence-electron chi connectivity index (χ2n) is 8.25. The minimum Gasteiger partial charge on any atom is -0.379 e. The van der Waals surface area contributed by atoms with Crippen molar-refractivity contribution < 1.29 is 14.0 Å². The first-order chi connectivity index (χ1) is 16.9. The Balaban J connectivity index is 1.48. The van der Waals surface area contributed by atoms with Crippen molar-refractivity contribution in [1.29, 1.82) is 0 Å². The van der Waals surface area contributed by atoms with Crippen LogP contribution >= 0.6 is 11.6 Å². The maximum absolute atomic E-state index is 13.8. The van der Waals surface area contributed by atoms with Gasteiger partial charge in [-0.2, -0.15) is 0 Å². The lowest BCUT2D eigenvalue weighted by Gasteiger charge is -2.25. The Labute approximate surface area is 207 Å². The molecule has 2 amide bonds. The van der Waals surface area contributed by atoms with Gasteiger partial charge in [-0.15, -0.1) is 0 Å². The highest BCUT2D eigenvalue weighted by molar-refractivity contribution is 6.35. The maximum Gasteiger partial charge on any atom is 0.264 e. The third-order valence-electron chi connectivity index (χ3n) is 5.95. The third kappa shape index (κ3) is 4.36. The fourth-order valence-corrected chi connectivity index (χ4v) is 4.42. The van der Waals surface area contributed by atoms with Gasteiger partial charge in [0.1, 0.15) is 5.82 Å². The van der Waals surface area contributed by atoms with Gasteiger partial charge < -0.3 is 10.6 Å². The van der Waals surface area contributed by atoms with Gasteiger partial charge in [0.05, 0.1) is 27.6 Å². The summed E-state index contributed by atoms with van der Waals surface area (Å²) in [5.74, 6) is -1.25. The average Bonchev–Trinajstić information content (AvgIpc) is 3.02. The van der Waals surface area contributed by atoms with E-state index in [4.69, 9.17) is 11.6 Å². The lowest BCUT2D eigenvalue weighted by molar-refractivity contribution is 0.0997. The Morgan fingerprint density at radius 1 is 0.914 bits per heavy atom. The molecule has 2 N–H and O–H groups in total. The van der Waals surface area contributed by atoms with Crippen LogP contribution in [0.2, 0.25) is 5.02 Å². The summed E-state index contributed by atoms with van der Waals surface area (Å²) in [6.07, 6.45) is 0. The van der Waals surface area contributed by atoms with Crippen LogP contribution in [0.5, 0.6) is 0 Å². The zero-order valence-electron chi connectivity index (χ0n) is 18.8. The smallest absolute Gasteiger partial charge is 0.264 e. The molecule has 0 fully saturated rings. The molecule has 0 saturated carbocycles. The number of amides is 2. The lowest BCUT2D eigenvalue weighted by atomic mass is 10.1. The van der Waals surface area contributed by atoms with Gasteiger partial charge in [0.2, 0.25) is 0 Å². The number of anilines is 4. The molecule has 5 nitrogen and oxygen atoms in total. The fraction of sp³-hybridized carbons (Fsp3) is 0.0714. The standard InChI is InChI=1S/C28H21ClFN3O2/c1-17-10-11-19(30)14-22(17)27(34)32-20-12-13-21(23(29)15-20)28(35)33-25-8-4-2-6-18(25)16-31-24-7-3-5-9-26(24)33/h2-15,31H,16H2,1H3,(H,32,34). The third-order valence-corrected chi connectivity index (χ3v) is 6.26. The molecule has 0 aromatic heterocycles. The largest absolute Gasteiger partial charge is 0.379 e. The van der Waals surface area contributed by atoms with E-state index >= 15 is 0 Å². The predicted molar refractivity (Wildman–Crippen MR) is 137 cm³/mol. The summed E-state index contributed by atoms with van der Waals surface area (Å²) in [5, 5.41) is 6.31. The molecule has 0 saturated heterocycles. The molecular formula is C28H21ClFN3O2. The van der Waals surface area contributed by atoms with Crippen LogP contribution in [-0.2, 0) is 6.54 Å². The van der Waals surface area contributed by atoms with Crippen molar-refractivity contribution in [1.82, 2.24) is 0 Å². The van der Waals surface area contributed by atoms with Crippen molar-refractivity contribution in [2.24, 2.45) is 0 Å². The van der Waals surface area contributed by atoms with Crippen LogP contribution in [0, 0.1) is 12.7 Å². The first-order valence-electron chi connectivity index (χ1n) is 11.0. The highest BCUT2D eigenvalue weighted by Gasteiger charge is 2.28. The molecule has 1 heterocycles. The Kier molecular flexibility index (Phi) is 5.97. The lowest BCUT2D eigenvalue weighted by Crippen LogP contribution is -2.26. The van der Waals surface area contributed by atoms with Crippen molar-refractivity contribution in [2.45, 2.75) is 13.5 Å². The number of hydrogen-bond donors (Lipinski definition) is 2. The molecule has 0 atom stereocenters. The Bertz CT molecular complexity index is 1420. The van der Waals surface area contributed by atoms with E-state index in [0.29, 0.717) is 17.8 Å². The molecule has 35 heavy (non-hydrogen) atoms. The van der Waals surface area contributed by atoms with Crippen molar-refractivity contribution in [3.05, 3.63) is 118 Å². The van der Waals surface area contributed by atoms with E-state index in [1.54, 1.807) is 30.0 Å². The van der Waals surface area contributed by atoms with E-state index in [-0.39, 0.29) is 22.1 Å². The molecule has 4 aromatic rings. The van der Waals surface area contributed by atoms with E-state index in [1.807, 2.05) is 48.5 Å². The van der Waals surface area contributed by atoms with Crippen LogP contribution < -0.4 is 15.5 Å². The Morgan fingerprint density at radius 2 is 1.66 bits per heavy atom. The number of rotatable bonds is 3. The van der Waals surface area contributed by atoms with Gasteiger partial charge in [0, 0.05) is 17.8 Å². The highest BCUT2D eigenvalue weighted by atomic mass is 35.5. The molecule has 0 aliphatic carbocycles. The van der Waals surface area contributed by atoms with Gasteiger partial charge in [0.15, 0.2) is 0 Å². The van der Waals surface area contributed by atoms with E-state index < -0.39 is 11.7 Å². The van der Waals surface area contributed by atoms with E-state index in [1.165, 1.54) is 18.2 Å². The topological polar surface area (TPSA) is 61.4 Å². The summed E-state index contributed by atoms with van der Waals surface area (Å²) in [5.41, 5.74) is 4.87. The molecule has 4 aromatic carbocycles. The van der Waals surface area contributed by atoms with Crippen LogP contribution in [0.1, 0.15) is 31.8 Å². The first-order valence-corrected chi connectivity index (χ1v) is 11.4. The molecule has 174 valence electrons. The SMILES string of the molecule is Cc1ccc(F)cc1C(=O)Nc1ccc(C(=O)N2c3ccccc3CNc3ccccc32)c(Cl)c1. The maximum atomic E-state index is 13.8. The molecule has 7 heteroatoms. The number of aryl methyl sites for hydroxylation is 1. The van der Waals surface area contributed by atoms with Crippen LogP contribution in [0.25, 0.3) is 0 Å². The molecule has 0 radical (unpaired) electrons. The quantitative estimate of drug-likeness (QED) is 0.330. The van der Waals surface area contributed by atoms with Gasteiger partial charge in [-0.05, 0) is 66.6 Å². The van der Waals surface area contributed by atoms with Gasteiger partial charge in [-0.3, -0.25) is 14.5 Å². The number of hydrogen-bond acceptors (Lipinski definition) is 3. The summed E-state index contributed by atoms with van der Waals surface area (Å²) in [6, 6.07) is 24.1. The van der Waals surface area contributed by atoms with E-state index in [2.05, 4.69) is 10.6 Å². The molecular weight excluding hydrogens is 465 g/mol. The van der Waals surface area contributed by atoms with Crippen LogP contribution in [0.3, 0.4) is 0 Å². The zero-order valence-corrected chi connectivity index (χ0v) is 19.6. The number of fused-ring (bicyclic) bond motifs is 2. The number of halogens is 2. The average molecular weight is 486 g/mol. The van der Waals surface area contributed by atoms with Crippen LogP contribution in [-0.4, -0.2) is 11.8 Å². The monoisotopic (exact) mass is 485 g/mol. The van der Waals surface area contributed by atoms with Gasteiger partial charge >= 0.3 is 0 Å². The van der Waals surface area contributed by atoms with E-state index in [0.717, 1.165) is 22.6 Å². The van der Waals surface area contributed by atoms with Crippen molar-refractivity contribution in [2.75, 3.05) is 15.5 Å². The Hall–Kier alpha value is -4.16. The number of carbonyl (C=O) groups excluding carboxylic acids is 2. The van der Waals surface area contributed by atoms with Gasteiger partial charge in [-0.25, -0.2) is 4.39 Å². The number of nitrogens with zero attached hydrogens (tertiary/aromatic N) is 1. The van der Waals surface area contributed by atoms with Crippen molar-refractivity contribution in [3.8, 4) is 0 Å². The second-order valence-corrected chi connectivity index (χ2v) is 8.66. The van der Waals surface area contributed by atoms with Gasteiger partial charge in [0.25, 0.3) is 11.8 Å². The molecule has 0 spiro atoms. The van der Waals surface area contributed by atoms with Crippen LogP contribution in [0.4, 0.5) is 27.1 Å². The van der Waals surface area contributed by atoms with Crippen molar-refractivity contribution >= 4 is 46.2 Å². The number of benzene rings is 4. The predicted octanol–water partition coefficient (Wildman–Crippen LogP) is 6.94. The number of carbonyl (C=O) groups is 2. The summed E-state index contributed by atoms with van der Waals surface area (Å²) in [6.45, 7) is 2.31. The molecule has 0 unspecified atom stereocenters. The minimum atomic E-state index is -0.493. The van der Waals surface area contributed by atoms with E-state index in [9.17, 15) is 14.0 Å².